The largest absolute Gasteiger partial charge is 0.304 e. The molecule has 0 fully saturated rings. The first-order valence-corrected chi connectivity index (χ1v) is 9.78. The molecule has 1 amide bonds. The van der Waals surface area contributed by atoms with Crippen molar-refractivity contribution < 1.29 is 4.79 Å². The van der Waals surface area contributed by atoms with Crippen molar-refractivity contribution in [2.45, 2.75) is 6.54 Å². The number of amides is 1. The molecule has 3 rings (SSSR count). The van der Waals surface area contributed by atoms with Crippen molar-refractivity contribution in [1.82, 2.24) is 4.90 Å². The molecule has 1 heterocycles. The van der Waals surface area contributed by atoms with Gasteiger partial charge in [-0.1, -0.05) is 67.2 Å². The van der Waals surface area contributed by atoms with Crippen LogP contribution in [0.1, 0.15) is 16.0 Å². The van der Waals surface area contributed by atoms with Crippen LogP contribution in [0.25, 0.3) is 11.8 Å². The summed E-state index contributed by atoms with van der Waals surface area (Å²) in [6, 6.07) is 24.0. The summed E-state index contributed by atoms with van der Waals surface area (Å²) in [4.78, 5) is 15.5. The number of thiophene rings is 1. The lowest BCUT2D eigenvalue weighted by atomic mass is 10.1. The van der Waals surface area contributed by atoms with Gasteiger partial charge in [-0.3, -0.25) is 4.79 Å². The fraction of sp³-hybridized carbons (Fsp3) is 0.0455. The van der Waals surface area contributed by atoms with Crippen molar-refractivity contribution in [3.63, 3.8) is 0 Å². The Balaban J connectivity index is 2.08. The molecule has 26 heavy (non-hydrogen) atoms. The number of rotatable bonds is 6. The predicted octanol–water partition coefficient (Wildman–Crippen LogP) is 6.22. The molecule has 0 aliphatic carbocycles. The third kappa shape index (κ3) is 4.59. The Morgan fingerprint density at radius 1 is 1.00 bits per heavy atom. The Morgan fingerprint density at radius 3 is 2.23 bits per heavy atom. The standard InChI is InChI=1S/C22H18BrNOS/c1-2-22(25)24(16-17-9-5-3-6-10-17)20(18-11-7-4-8-12-18)15-19-13-14-21(23)26-19/h2-15H,1,16H2. The number of hydrogen-bond acceptors (Lipinski definition) is 2. The van der Waals surface area contributed by atoms with E-state index in [4.69, 9.17) is 0 Å². The van der Waals surface area contributed by atoms with Crippen LogP contribution in [0.15, 0.2) is 89.2 Å². The van der Waals surface area contributed by atoms with Gasteiger partial charge in [0.25, 0.3) is 5.91 Å². The lowest BCUT2D eigenvalue weighted by Gasteiger charge is -2.25. The summed E-state index contributed by atoms with van der Waals surface area (Å²) in [6.07, 6.45) is 3.42. The Hall–Kier alpha value is -2.43. The van der Waals surface area contributed by atoms with Crippen molar-refractivity contribution in [1.29, 1.82) is 0 Å². The molecule has 0 unspecified atom stereocenters. The predicted molar refractivity (Wildman–Crippen MR) is 114 cm³/mol. The van der Waals surface area contributed by atoms with E-state index in [0.717, 1.165) is 25.5 Å². The van der Waals surface area contributed by atoms with E-state index in [-0.39, 0.29) is 5.91 Å². The second kappa shape index (κ2) is 8.79. The van der Waals surface area contributed by atoms with Gasteiger partial charge in [-0.05, 0) is 51.3 Å². The van der Waals surface area contributed by atoms with Gasteiger partial charge in [-0.25, -0.2) is 0 Å². The maximum absolute atomic E-state index is 12.7. The van der Waals surface area contributed by atoms with Crippen LogP contribution in [0.5, 0.6) is 0 Å². The van der Waals surface area contributed by atoms with Crippen molar-refractivity contribution >= 4 is 44.9 Å². The summed E-state index contributed by atoms with van der Waals surface area (Å²) in [5.74, 6) is -0.125. The summed E-state index contributed by atoms with van der Waals surface area (Å²) < 4.78 is 1.06. The molecule has 0 aliphatic rings. The van der Waals surface area contributed by atoms with Gasteiger partial charge in [-0.2, -0.15) is 0 Å². The molecule has 0 bridgehead atoms. The number of nitrogens with zero attached hydrogens (tertiary/aromatic N) is 1. The van der Waals surface area contributed by atoms with Crippen LogP contribution in [-0.4, -0.2) is 10.8 Å². The van der Waals surface area contributed by atoms with Crippen LogP contribution in [-0.2, 0) is 11.3 Å². The topological polar surface area (TPSA) is 20.3 Å². The van der Waals surface area contributed by atoms with Gasteiger partial charge in [0.2, 0.25) is 0 Å². The summed E-state index contributed by atoms with van der Waals surface area (Å²) in [6.45, 7) is 4.17. The molecule has 4 heteroatoms. The van der Waals surface area contributed by atoms with Crippen LogP contribution in [0, 0.1) is 0 Å². The lowest BCUT2D eigenvalue weighted by molar-refractivity contribution is -0.123. The molecule has 0 saturated heterocycles. The highest BCUT2D eigenvalue weighted by Crippen LogP contribution is 2.29. The Kier molecular flexibility index (Phi) is 6.21. The third-order valence-electron chi connectivity index (χ3n) is 3.86. The van der Waals surface area contributed by atoms with Gasteiger partial charge in [-0.15, -0.1) is 11.3 Å². The van der Waals surface area contributed by atoms with E-state index >= 15 is 0 Å². The SMILES string of the molecule is C=CC(=O)N(Cc1ccccc1)C(=Cc1ccc(Br)s1)c1ccccc1. The number of carbonyl (C=O) groups excluding carboxylic acids is 1. The zero-order valence-electron chi connectivity index (χ0n) is 14.1. The quantitative estimate of drug-likeness (QED) is 0.430. The molecule has 0 atom stereocenters. The number of benzene rings is 2. The monoisotopic (exact) mass is 423 g/mol. The third-order valence-corrected chi connectivity index (χ3v) is 5.43. The lowest BCUT2D eigenvalue weighted by Crippen LogP contribution is -2.27. The average molecular weight is 424 g/mol. The fourth-order valence-corrected chi connectivity index (χ4v) is 3.99. The van der Waals surface area contributed by atoms with Gasteiger partial charge in [0.1, 0.15) is 0 Å². The minimum absolute atomic E-state index is 0.125. The van der Waals surface area contributed by atoms with Gasteiger partial charge in [0, 0.05) is 4.88 Å². The van der Waals surface area contributed by atoms with Crippen molar-refractivity contribution in [3.8, 4) is 0 Å². The molecule has 130 valence electrons. The molecule has 3 aromatic rings. The molecule has 0 N–H and O–H groups in total. The highest BCUT2D eigenvalue weighted by Gasteiger charge is 2.18. The summed E-state index contributed by atoms with van der Waals surface area (Å²) in [5, 5.41) is 0. The van der Waals surface area contributed by atoms with Crippen molar-refractivity contribution in [3.05, 3.63) is 105 Å². The second-order valence-electron chi connectivity index (χ2n) is 5.65. The Labute approximate surface area is 166 Å². The molecule has 2 aromatic carbocycles. The first-order chi connectivity index (χ1) is 12.7. The first-order valence-electron chi connectivity index (χ1n) is 8.17. The van der Waals surface area contributed by atoms with Crippen LogP contribution in [0.3, 0.4) is 0 Å². The van der Waals surface area contributed by atoms with Gasteiger partial charge < -0.3 is 4.90 Å². The fourth-order valence-electron chi connectivity index (χ4n) is 2.62. The van der Waals surface area contributed by atoms with Crippen molar-refractivity contribution in [2.24, 2.45) is 0 Å². The summed E-state index contributed by atoms with van der Waals surface area (Å²) >= 11 is 5.13. The molecule has 0 aliphatic heterocycles. The molecule has 0 radical (unpaired) electrons. The van der Waals surface area contributed by atoms with Gasteiger partial charge in [0.15, 0.2) is 0 Å². The smallest absolute Gasteiger partial charge is 0.250 e. The van der Waals surface area contributed by atoms with Crippen LogP contribution in [0.2, 0.25) is 0 Å². The van der Waals surface area contributed by atoms with Crippen molar-refractivity contribution in [2.75, 3.05) is 0 Å². The molecule has 0 spiro atoms. The van der Waals surface area contributed by atoms with E-state index in [1.165, 1.54) is 6.08 Å². The Bertz CT molecular complexity index is 916. The molecular weight excluding hydrogens is 406 g/mol. The van der Waals surface area contributed by atoms with E-state index in [9.17, 15) is 4.79 Å². The first kappa shape index (κ1) is 18.4. The van der Waals surface area contributed by atoms with Crippen LogP contribution < -0.4 is 0 Å². The minimum Gasteiger partial charge on any atom is -0.304 e. The highest BCUT2D eigenvalue weighted by atomic mass is 79.9. The molecule has 2 nitrogen and oxygen atoms in total. The van der Waals surface area contributed by atoms with E-state index in [0.29, 0.717) is 6.54 Å². The summed E-state index contributed by atoms with van der Waals surface area (Å²) in [5.41, 5.74) is 2.91. The normalized spacial score (nSPS) is 11.2. The van der Waals surface area contributed by atoms with Gasteiger partial charge >= 0.3 is 0 Å². The van der Waals surface area contributed by atoms with E-state index < -0.39 is 0 Å². The number of hydrogen-bond donors (Lipinski definition) is 0. The number of carbonyl (C=O) groups is 1. The zero-order chi connectivity index (χ0) is 18.4. The molecular formula is C22H18BrNOS. The van der Waals surface area contributed by atoms with E-state index in [2.05, 4.69) is 28.6 Å². The zero-order valence-corrected chi connectivity index (χ0v) is 16.5. The number of halogens is 1. The van der Waals surface area contributed by atoms with E-state index in [1.54, 1.807) is 16.2 Å². The van der Waals surface area contributed by atoms with Crippen LogP contribution in [0.4, 0.5) is 0 Å². The second-order valence-corrected chi connectivity index (χ2v) is 8.15. The molecule has 1 aromatic heterocycles. The average Bonchev–Trinajstić information content (AvgIpc) is 3.10. The maximum Gasteiger partial charge on any atom is 0.250 e. The van der Waals surface area contributed by atoms with Gasteiger partial charge in [0.05, 0.1) is 16.0 Å². The Morgan fingerprint density at radius 2 is 1.65 bits per heavy atom. The maximum atomic E-state index is 12.7. The minimum atomic E-state index is -0.125. The summed E-state index contributed by atoms with van der Waals surface area (Å²) in [7, 11) is 0. The van der Waals surface area contributed by atoms with Crippen LogP contribution >= 0.6 is 27.3 Å². The highest BCUT2D eigenvalue weighted by molar-refractivity contribution is 9.11. The molecule has 0 saturated carbocycles. The van der Waals surface area contributed by atoms with E-state index in [1.807, 2.05) is 72.8 Å².